The highest BCUT2D eigenvalue weighted by molar-refractivity contribution is 7.90. The first-order valence-electron chi connectivity index (χ1n) is 6.50. The van der Waals surface area contributed by atoms with Crippen molar-refractivity contribution in [3.8, 4) is 6.07 Å². The van der Waals surface area contributed by atoms with Gasteiger partial charge < -0.3 is 0 Å². The molecule has 0 amide bonds. The molecule has 0 radical (unpaired) electrons. The molecule has 1 fully saturated rings. The first-order chi connectivity index (χ1) is 9.53. The van der Waals surface area contributed by atoms with Crippen LogP contribution < -0.4 is 4.72 Å². The fraction of sp³-hybridized carbons (Fsp3) is 0.538. The van der Waals surface area contributed by atoms with Gasteiger partial charge in [0.2, 0.25) is 10.0 Å². The van der Waals surface area contributed by atoms with Crippen molar-refractivity contribution in [1.29, 1.82) is 5.26 Å². The van der Waals surface area contributed by atoms with Gasteiger partial charge in [0.25, 0.3) is 0 Å². The Morgan fingerprint density at radius 3 is 2.95 bits per heavy atom. The van der Waals surface area contributed by atoms with Gasteiger partial charge in [0.15, 0.2) is 0 Å². The monoisotopic (exact) mass is 313 g/mol. The van der Waals surface area contributed by atoms with Crippen LogP contribution in [0.2, 0.25) is 5.15 Å². The Bertz CT molecular complexity index is 612. The summed E-state index contributed by atoms with van der Waals surface area (Å²) in [5.41, 5.74) is 0.818. The van der Waals surface area contributed by atoms with E-state index in [2.05, 4.69) is 15.8 Å². The second-order valence-electron chi connectivity index (χ2n) is 4.90. The summed E-state index contributed by atoms with van der Waals surface area (Å²) in [5.74, 6) is -0.135. The van der Waals surface area contributed by atoms with Gasteiger partial charge in [0, 0.05) is 18.7 Å². The number of hydrogen-bond donors (Lipinski definition) is 1. The second-order valence-corrected chi connectivity index (χ2v) is 7.31. The molecule has 0 bridgehead atoms. The Morgan fingerprint density at radius 2 is 2.30 bits per heavy atom. The van der Waals surface area contributed by atoms with Crippen LogP contribution in [0.3, 0.4) is 0 Å². The van der Waals surface area contributed by atoms with Gasteiger partial charge in [-0.25, -0.2) is 18.1 Å². The molecular weight excluding hydrogens is 298 g/mol. The Labute approximate surface area is 124 Å². The van der Waals surface area contributed by atoms with Gasteiger partial charge >= 0.3 is 0 Å². The number of rotatable bonds is 5. The van der Waals surface area contributed by atoms with E-state index in [1.54, 1.807) is 12.3 Å². The van der Waals surface area contributed by atoms with Crippen LogP contribution in [0.25, 0.3) is 0 Å². The van der Waals surface area contributed by atoms with Gasteiger partial charge in [-0.05, 0) is 37.3 Å². The first-order valence-corrected chi connectivity index (χ1v) is 8.43. The zero-order valence-corrected chi connectivity index (χ0v) is 12.5. The molecule has 1 N–H and O–H groups in total. The predicted octanol–water partition coefficient (Wildman–Crippen LogP) is 1.89. The normalized spacial score (nSPS) is 22.6. The number of halogens is 1. The topological polar surface area (TPSA) is 82.8 Å². The molecule has 0 saturated heterocycles. The van der Waals surface area contributed by atoms with Crippen LogP contribution in [0, 0.1) is 17.2 Å². The molecule has 0 aliphatic heterocycles. The number of nitrogens with one attached hydrogen (secondary N) is 1. The lowest BCUT2D eigenvalue weighted by Gasteiger charge is -2.12. The van der Waals surface area contributed by atoms with Crippen LogP contribution in [0.15, 0.2) is 18.3 Å². The summed E-state index contributed by atoms with van der Waals surface area (Å²) in [7, 11) is -3.35. The number of hydrogen-bond acceptors (Lipinski definition) is 4. The summed E-state index contributed by atoms with van der Waals surface area (Å²) < 4.78 is 26.8. The minimum atomic E-state index is -3.35. The van der Waals surface area contributed by atoms with Crippen molar-refractivity contribution in [2.24, 2.45) is 5.92 Å². The average molecular weight is 314 g/mol. The molecule has 7 heteroatoms. The molecule has 1 saturated carbocycles. The molecule has 20 heavy (non-hydrogen) atoms. The highest BCUT2D eigenvalue weighted by Gasteiger charge is 2.33. The SMILES string of the molecule is N#CC1CCC(S(=O)(=O)NCCc2cccnc2Cl)C1. The molecular formula is C13H16ClN3O2S. The summed E-state index contributed by atoms with van der Waals surface area (Å²) in [6.07, 6.45) is 3.74. The maximum atomic E-state index is 12.1. The standard InChI is InChI=1S/C13H16ClN3O2S/c14-13-11(2-1-6-16-13)5-7-17-20(18,19)12-4-3-10(8-12)9-15/h1-2,6,10,12,17H,3-5,7-8H2. The van der Waals surface area contributed by atoms with E-state index in [9.17, 15) is 8.42 Å². The van der Waals surface area contributed by atoms with Gasteiger partial charge in [-0.2, -0.15) is 5.26 Å². The summed E-state index contributed by atoms with van der Waals surface area (Å²) in [4.78, 5) is 3.94. The van der Waals surface area contributed by atoms with E-state index >= 15 is 0 Å². The van der Waals surface area contributed by atoms with Crippen LogP contribution in [0.4, 0.5) is 0 Å². The number of nitrogens with zero attached hydrogens (tertiary/aromatic N) is 2. The van der Waals surface area contributed by atoms with Crippen LogP contribution >= 0.6 is 11.6 Å². The van der Waals surface area contributed by atoms with E-state index in [1.165, 1.54) is 0 Å². The van der Waals surface area contributed by atoms with Crippen molar-refractivity contribution in [3.63, 3.8) is 0 Å². The molecule has 2 unspecified atom stereocenters. The molecule has 0 spiro atoms. The Morgan fingerprint density at radius 1 is 1.50 bits per heavy atom. The van der Waals surface area contributed by atoms with Crippen molar-refractivity contribution in [3.05, 3.63) is 29.0 Å². The lowest BCUT2D eigenvalue weighted by atomic mass is 10.1. The van der Waals surface area contributed by atoms with Crippen molar-refractivity contribution in [2.45, 2.75) is 30.9 Å². The molecule has 2 atom stereocenters. The third-order valence-electron chi connectivity index (χ3n) is 3.54. The van der Waals surface area contributed by atoms with Gasteiger partial charge in [0.05, 0.1) is 11.3 Å². The van der Waals surface area contributed by atoms with Gasteiger partial charge in [-0.15, -0.1) is 0 Å². The first kappa shape index (κ1) is 15.2. The summed E-state index contributed by atoms with van der Waals surface area (Å²) in [5, 5.41) is 8.77. The lowest BCUT2D eigenvalue weighted by molar-refractivity contribution is 0.563. The number of nitriles is 1. The zero-order valence-electron chi connectivity index (χ0n) is 10.9. The van der Waals surface area contributed by atoms with Crippen LogP contribution in [0.1, 0.15) is 24.8 Å². The van der Waals surface area contributed by atoms with E-state index in [-0.39, 0.29) is 5.92 Å². The van der Waals surface area contributed by atoms with Crippen LogP contribution in [-0.2, 0) is 16.4 Å². The molecule has 5 nitrogen and oxygen atoms in total. The van der Waals surface area contributed by atoms with Gasteiger partial charge in [-0.1, -0.05) is 17.7 Å². The Kier molecular flexibility index (Phi) is 4.97. The van der Waals surface area contributed by atoms with Crippen molar-refractivity contribution in [1.82, 2.24) is 9.71 Å². The minimum absolute atomic E-state index is 0.135. The number of sulfonamides is 1. The van der Waals surface area contributed by atoms with Crippen molar-refractivity contribution < 1.29 is 8.42 Å². The third kappa shape index (κ3) is 3.69. The van der Waals surface area contributed by atoms with E-state index < -0.39 is 15.3 Å². The molecule has 0 aromatic carbocycles. The molecule has 108 valence electrons. The van der Waals surface area contributed by atoms with Crippen LogP contribution in [-0.4, -0.2) is 25.2 Å². The Hall–Kier alpha value is -1.16. The lowest BCUT2D eigenvalue weighted by Crippen LogP contribution is -2.34. The molecule has 1 aliphatic carbocycles. The largest absolute Gasteiger partial charge is 0.244 e. The predicted molar refractivity (Wildman–Crippen MR) is 76.6 cm³/mol. The van der Waals surface area contributed by atoms with Crippen molar-refractivity contribution in [2.75, 3.05) is 6.54 Å². The molecule has 1 aromatic rings. The summed E-state index contributed by atoms with van der Waals surface area (Å²) >= 11 is 5.91. The van der Waals surface area contributed by atoms with E-state index in [1.807, 2.05) is 6.07 Å². The summed E-state index contributed by atoms with van der Waals surface area (Å²) in [6, 6.07) is 5.73. The average Bonchev–Trinajstić information content (AvgIpc) is 2.90. The number of aromatic nitrogens is 1. The highest BCUT2D eigenvalue weighted by Crippen LogP contribution is 2.29. The highest BCUT2D eigenvalue weighted by atomic mass is 35.5. The maximum Gasteiger partial charge on any atom is 0.214 e. The molecule has 1 heterocycles. The summed E-state index contributed by atoms with van der Waals surface area (Å²) in [6.45, 7) is 0.293. The van der Waals surface area contributed by atoms with Gasteiger partial charge in [0.1, 0.15) is 5.15 Å². The maximum absolute atomic E-state index is 12.1. The van der Waals surface area contributed by atoms with Crippen LogP contribution in [0.5, 0.6) is 0 Å². The van der Waals surface area contributed by atoms with E-state index in [0.717, 1.165) is 5.56 Å². The quantitative estimate of drug-likeness (QED) is 0.841. The third-order valence-corrected chi connectivity index (χ3v) is 5.79. The zero-order chi connectivity index (χ0) is 14.6. The fourth-order valence-corrected chi connectivity index (χ4v) is 4.16. The smallest absolute Gasteiger partial charge is 0.214 e. The molecule has 1 aromatic heterocycles. The fourth-order valence-electron chi connectivity index (χ4n) is 2.39. The van der Waals surface area contributed by atoms with Crippen molar-refractivity contribution >= 4 is 21.6 Å². The number of pyridine rings is 1. The Balaban J connectivity index is 1.88. The van der Waals surface area contributed by atoms with E-state index in [0.29, 0.717) is 37.4 Å². The molecule has 1 aliphatic rings. The molecule has 2 rings (SSSR count). The second kappa shape index (κ2) is 6.53. The van der Waals surface area contributed by atoms with E-state index in [4.69, 9.17) is 16.9 Å². The minimum Gasteiger partial charge on any atom is -0.244 e. The van der Waals surface area contributed by atoms with Gasteiger partial charge in [-0.3, -0.25) is 0 Å².